The largest absolute Gasteiger partial charge is 0.318 e. The van der Waals surface area contributed by atoms with Crippen molar-refractivity contribution in [3.63, 3.8) is 0 Å². The summed E-state index contributed by atoms with van der Waals surface area (Å²) in [4.78, 5) is 38.4. The van der Waals surface area contributed by atoms with E-state index in [1.165, 1.54) is 22.2 Å². The van der Waals surface area contributed by atoms with Crippen LogP contribution >= 0.6 is 23.1 Å². The fraction of sp³-hybridized carbons (Fsp3) is 0.258. The third kappa shape index (κ3) is 4.07. The van der Waals surface area contributed by atoms with Gasteiger partial charge < -0.3 is 4.98 Å². The second-order valence-electron chi connectivity index (χ2n) is 10.3. The predicted octanol–water partition coefficient (Wildman–Crippen LogP) is 5.96. The van der Waals surface area contributed by atoms with Crippen molar-refractivity contribution >= 4 is 33.3 Å². The molecule has 3 aliphatic rings. The Morgan fingerprint density at radius 2 is 1.73 bits per heavy atom. The zero-order valence-electron chi connectivity index (χ0n) is 22.4. The fourth-order valence-electron chi connectivity index (χ4n) is 5.81. The van der Waals surface area contributed by atoms with Crippen LogP contribution in [0.5, 0.6) is 0 Å². The number of hydrogen-bond donors (Lipinski definition) is 1. The van der Waals surface area contributed by atoms with Crippen LogP contribution in [0, 0.1) is 6.92 Å². The van der Waals surface area contributed by atoms with Crippen LogP contribution in [0.2, 0.25) is 0 Å². The van der Waals surface area contributed by atoms with Gasteiger partial charge in [-0.3, -0.25) is 23.5 Å². The predicted molar refractivity (Wildman–Crippen MR) is 162 cm³/mol. The standard InChI is InChI=1S/C31H29N5O2S2/c1-19-25-26(36(34(19)2)21-13-7-4-8-14-21)27(28(37)32-25)40-31-33-29-24(22-15-9-10-16-23(22)39-29)30(38)35(31)18-17-20-11-5-3-6-12-20/h3-8,11-14H,9-10,15-18H2,1-2H3,(H,32,37). The molecule has 2 aromatic carbocycles. The monoisotopic (exact) mass is 567 g/mol. The van der Waals surface area contributed by atoms with Gasteiger partial charge in [-0.2, -0.15) is 0 Å². The Morgan fingerprint density at radius 1 is 1.00 bits per heavy atom. The number of fused-ring (bicyclic) bond motifs is 4. The van der Waals surface area contributed by atoms with E-state index in [-0.39, 0.29) is 11.1 Å². The highest BCUT2D eigenvalue weighted by molar-refractivity contribution is 7.99. The summed E-state index contributed by atoms with van der Waals surface area (Å²) in [6.07, 6.45) is 4.89. The first-order valence-electron chi connectivity index (χ1n) is 13.6. The van der Waals surface area contributed by atoms with Gasteiger partial charge in [0.25, 0.3) is 11.1 Å². The first-order valence-corrected chi connectivity index (χ1v) is 15.3. The number of nitrogens with zero attached hydrogens (tertiary/aromatic N) is 4. The molecule has 7 rings (SSSR count). The number of para-hydroxylation sites is 1. The zero-order valence-corrected chi connectivity index (χ0v) is 24.1. The lowest BCUT2D eigenvalue weighted by atomic mass is 9.97. The third-order valence-electron chi connectivity index (χ3n) is 7.96. The van der Waals surface area contributed by atoms with Gasteiger partial charge in [0.1, 0.15) is 15.4 Å². The van der Waals surface area contributed by atoms with E-state index in [9.17, 15) is 9.59 Å². The summed E-state index contributed by atoms with van der Waals surface area (Å²) in [5.74, 6) is 0. The number of hydrogen-bond acceptors (Lipinski definition) is 5. The minimum Gasteiger partial charge on any atom is -0.318 e. The summed E-state index contributed by atoms with van der Waals surface area (Å²) in [6.45, 7) is 2.50. The molecule has 0 fully saturated rings. The van der Waals surface area contributed by atoms with E-state index >= 15 is 0 Å². The van der Waals surface area contributed by atoms with Crippen molar-refractivity contribution in [3.05, 3.63) is 103 Å². The first kappa shape index (κ1) is 25.2. The average Bonchev–Trinajstić information content (AvgIpc) is 3.58. The highest BCUT2D eigenvalue weighted by Gasteiger charge is 2.29. The van der Waals surface area contributed by atoms with Crippen molar-refractivity contribution in [2.75, 3.05) is 0 Å². The van der Waals surface area contributed by atoms with Gasteiger partial charge in [-0.05, 0) is 74.0 Å². The van der Waals surface area contributed by atoms with Crippen LogP contribution in [0.25, 0.3) is 27.3 Å². The molecule has 2 aromatic heterocycles. The van der Waals surface area contributed by atoms with E-state index in [4.69, 9.17) is 4.98 Å². The second-order valence-corrected chi connectivity index (χ2v) is 12.4. The van der Waals surface area contributed by atoms with Crippen molar-refractivity contribution in [1.82, 2.24) is 23.9 Å². The lowest BCUT2D eigenvalue weighted by molar-refractivity contribution is 0.595. The van der Waals surface area contributed by atoms with Crippen molar-refractivity contribution in [2.24, 2.45) is 7.05 Å². The Morgan fingerprint density at radius 3 is 2.50 bits per heavy atom. The van der Waals surface area contributed by atoms with Crippen molar-refractivity contribution in [3.8, 4) is 17.1 Å². The van der Waals surface area contributed by atoms with Crippen molar-refractivity contribution < 1.29 is 0 Å². The van der Waals surface area contributed by atoms with Crippen LogP contribution < -0.4 is 11.1 Å². The minimum absolute atomic E-state index is 0.00207. The maximum absolute atomic E-state index is 14.1. The van der Waals surface area contributed by atoms with Gasteiger partial charge in [-0.25, -0.2) is 4.98 Å². The van der Waals surface area contributed by atoms with Gasteiger partial charge in [-0.1, -0.05) is 48.5 Å². The highest BCUT2D eigenvalue weighted by Crippen LogP contribution is 2.39. The SMILES string of the molecule is Cc1c2[nH]c(=O)c(Sc3nc4sc5c(c4c(=O)n3CCc3ccccc3)CCCC5)c-2n(-c2ccccc2)n1C. The van der Waals surface area contributed by atoms with Gasteiger partial charge in [0.15, 0.2) is 5.16 Å². The quantitative estimate of drug-likeness (QED) is 0.252. The summed E-state index contributed by atoms with van der Waals surface area (Å²) < 4.78 is 5.90. The number of rotatable bonds is 6. The minimum atomic E-state index is -0.169. The maximum Gasteiger partial charge on any atom is 0.264 e. The maximum atomic E-state index is 14.1. The number of H-pyrrole nitrogens is 1. The molecule has 0 saturated carbocycles. The van der Waals surface area contributed by atoms with E-state index in [0.717, 1.165) is 64.2 Å². The fourth-order valence-corrected chi connectivity index (χ4v) is 8.16. The lowest BCUT2D eigenvalue weighted by Crippen LogP contribution is -2.25. The van der Waals surface area contributed by atoms with Crippen LogP contribution in [-0.4, -0.2) is 23.9 Å². The van der Waals surface area contributed by atoms with E-state index in [2.05, 4.69) is 21.8 Å². The van der Waals surface area contributed by atoms with Crippen LogP contribution in [-0.2, 0) is 32.9 Å². The molecule has 7 nitrogen and oxygen atoms in total. The van der Waals surface area contributed by atoms with Crippen LogP contribution in [0.1, 0.15) is 34.5 Å². The second kappa shape index (κ2) is 9.98. The Kier molecular flexibility index (Phi) is 6.28. The summed E-state index contributed by atoms with van der Waals surface area (Å²) in [5.41, 5.74) is 5.69. The average molecular weight is 568 g/mol. The molecule has 0 unspecified atom stereocenters. The van der Waals surface area contributed by atoms with E-state index in [0.29, 0.717) is 23.0 Å². The van der Waals surface area contributed by atoms with Gasteiger partial charge in [0.2, 0.25) is 0 Å². The van der Waals surface area contributed by atoms with E-state index in [1.54, 1.807) is 15.9 Å². The summed E-state index contributed by atoms with van der Waals surface area (Å²) >= 11 is 2.94. The van der Waals surface area contributed by atoms with Gasteiger partial charge in [0.05, 0.1) is 22.5 Å². The van der Waals surface area contributed by atoms with E-state index in [1.807, 2.05) is 67.2 Å². The normalized spacial score (nSPS) is 13.3. The number of aromatic amines is 1. The molecule has 0 amide bonds. The summed E-state index contributed by atoms with van der Waals surface area (Å²) in [7, 11) is 1.99. The van der Waals surface area contributed by atoms with Crippen LogP contribution in [0.15, 0.2) is 80.3 Å². The Bertz CT molecular complexity index is 1940. The van der Waals surface area contributed by atoms with Gasteiger partial charge in [0, 0.05) is 18.5 Å². The molecule has 0 saturated heterocycles. The molecule has 0 radical (unpaired) electrons. The molecule has 4 heterocycles. The van der Waals surface area contributed by atoms with Crippen molar-refractivity contribution in [1.29, 1.82) is 0 Å². The molecular weight excluding hydrogens is 539 g/mol. The van der Waals surface area contributed by atoms with E-state index < -0.39 is 0 Å². The summed E-state index contributed by atoms with van der Waals surface area (Å²) in [5, 5.41) is 1.33. The topological polar surface area (TPSA) is 77.6 Å². The highest BCUT2D eigenvalue weighted by atomic mass is 32.2. The molecular formula is C31H29N5O2S2. The number of thiophene rings is 1. The molecule has 2 aliphatic heterocycles. The molecule has 4 aromatic rings. The van der Waals surface area contributed by atoms with Gasteiger partial charge >= 0.3 is 0 Å². The first-order chi connectivity index (χ1) is 19.5. The smallest absolute Gasteiger partial charge is 0.264 e. The Labute approximate surface area is 239 Å². The number of aryl methyl sites for hydroxylation is 3. The molecule has 1 aliphatic carbocycles. The lowest BCUT2D eigenvalue weighted by Gasteiger charge is -2.14. The third-order valence-corrected chi connectivity index (χ3v) is 10.2. The molecule has 0 spiro atoms. The Hall–Kier alpha value is -3.82. The molecule has 0 bridgehead atoms. The molecule has 9 heteroatoms. The number of nitrogens with one attached hydrogen (secondary N) is 1. The van der Waals surface area contributed by atoms with Crippen molar-refractivity contribution in [2.45, 2.75) is 55.6 Å². The van der Waals surface area contributed by atoms with Crippen LogP contribution in [0.4, 0.5) is 0 Å². The molecule has 1 N–H and O–H groups in total. The number of benzene rings is 2. The summed E-state index contributed by atoms with van der Waals surface area (Å²) in [6, 6.07) is 20.2. The molecule has 202 valence electrons. The molecule has 0 atom stereocenters. The number of aromatic nitrogens is 5. The zero-order chi connectivity index (χ0) is 27.4. The molecule has 40 heavy (non-hydrogen) atoms. The Balaban J connectivity index is 1.41. The van der Waals surface area contributed by atoms with Crippen LogP contribution in [0.3, 0.4) is 0 Å². The van der Waals surface area contributed by atoms with Gasteiger partial charge in [-0.15, -0.1) is 11.3 Å².